The molecule has 0 bridgehead atoms. The maximum Gasteiger partial charge on any atom is 0.352 e. The minimum atomic E-state index is -0.875. The van der Waals surface area contributed by atoms with Crippen molar-refractivity contribution in [2.45, 2.75) is 38.8 Å². The van der Waals surface area contributed by atoms with Gasteiger partial charge in [-0.15, -0.1) is 0 Å². The van der Waals surface area contributed by atoms with E-state index < -0.39 is 5.97 Å². The maximum absolute atomic E-state index is 12.8. The summed E-state index contributed by atoms with van der Waals surface area (Å²) in [5, 5.41) is 18.3. The van der Waals surface area contributed by atoms with Crippen LogP contribution in [0.3, 0.4) is 0 Å². The summed E-state index contributed by atoms with van der Waals surface area (Å²) in [4.78, 5) is 15.1. The molecule has 3 heterocycles. The van der Waals surface area contributed by atoms with E-state index in [1.807, 2.05) is 48.3 Å². The third kappa shape index (κ3) is 4.68. The van der Waals surface area contributed by atoms with Crippen LogP contribution in [-0.4, -0.2) is 50.5 Å². The predicted molar refractivity (Wildman–Crippen MR) is 154 cm³/mol. The van der Waals surface area contributed by atoms with Crippen LogP contribution in [0.1, 0.15) is 41.0 Å². The number of hydrogen-bond donors (Lipinski definition) is 1. The van der Waals surface area contributed by atoms with Crippen molar-refractivity contribution >= 4 is 27.6 Å². The van der Waals surface area contributed by atoms with Gasteiger partial charge in [-0.1, -0.05) is 54.6 Å². The van der Waals surface area contributed by atoms with Gasteiger partial charge in [-0.05, 0) is 56.3 Å². The van der Waals surface area contributed by atoms with E-state index in [1.165, 1.54) is 0 Å². The van der Waals surface area contributed by atoms with Crippen molar-refractivity contribution in [3.05, 3.63) is 83.8 Å². The largest absolute Gasteiger partial charge is 0.493 e. The Morgan fingerprint density at radius 3 is 2.59 bits per heavy atom. The number of aromatic carboxylic acids is 1. The minimum absolute atomic E-state index is 0.403. The lowest BCUT2D eigenvalue weighted by atomic mass is 10.00. The summed E-state index contributed by atoms with van der Waals surface area (Å²) >= 11 is 0. The Labute approximate surface area is 228 Å². The fourth-order valence-electron chi connectivity index (χ4n) is 6.03. The lowest BCUT2D eigenvalue weighted by Crippen LogP contribution is -2.21. The van der Waals surface area contributed by atoms with Gasteiger partial charge in [-0.3, -0.25) is 4.68 Å². The zero-order valence-electron chi connectivity index (χ0n) is 22.6. The van der Waals surface area contributed by atoms with Crippen molar-refractivity contribution in [3.8, 4) is 16.9 Å². The molecule has 7 nitrogen and oxygen atoms in total. The summed E-state index contributed by atoms with van der Waals surface area (Å²) in [5.74, 6) is -0.0136. The first kappa shape index (κ1) is 25.2. The first-order valence-electron chi connectivity index (χ1n) is 13.7. The maximum atomic E-state index is 12.8. The van der Waals surface area contributed by atoms with Crippen molar-refractivity contribution < 1.29 is 14.6 Å². The van der Waals surface area contributed by atoms with E-state index in [1.54, 1.807) is 0 Å². The highest BCUT2D eigenvalue weighted by Gasteiger charge is 2.26. The standard InChI is InChI=1S/C32H34N4O3/c1-34-17-5-6-18-36-30-24(13-8-14-26(30)27-20-33-35(2)28(27)21-34)25(31(36)32(37)38)15-9-19-39-29-16-7-11-22-10-3-4-12-23(22)29/h3-4,7-8,10-14,16,20H,5-6,9,15,17-19,21H2,1-2H3,(H,37,38). The number of fused-ring (bicyclic) bond motifs is 3. The fourth-order valence-corrected chi connectivity index (χ4v) is 6.03. The summed E-state index contributed by atoms with van der Waals surface area (Å²) in [6.07, 6.45) is 5.18. The van der Waals surface area contributed by atoms with Gasteiger partial charge in [-0.2, -0.15) is 5.10 Å². The third-order valence-electron chi connectivity index (χ3n) is 7.91. The van der Waals surface area contributed by atoms with Gasteiger partial charge in [0.15, 0.2) is 0 Å². The second-order valence-electron chi connectivity index (χ2n) is 10.5. The minimum Gasteiger partial charge on any atom is -0.493 e. The normalized spacial score (nSPS) is 14.3. The number of nitrogens with zero attached hydrogens (tertiary/aromatic N) is 4. The van der Waals surface area contributed by atoms with E-state index in [0.717, 1.165) is 82.2 Å². The number of hydrogen-bond acceptors (Lipinski definition) is 4. The number of rotatable bonds is 6. The van der Waals surface area contributed by atoms with E-state index in [4.69, 9.17) is 4.74 Å². The van der Waals surface area contributed by atoms with E-state index in [0.29, 0.717) is 25.3 Å². The summed E-state index contributed by atoms with van der Waals surface area (Å²) in [7, 11) is 4.12. The molecule has 0 unspecified atom stereocenters. The number of ether oxygens (including phenoxy) is 1. The molecule has 39 heavy (non-hydrogen) atoms. The number of benzene rings is 3. The highest BCUT2D eigenvalue weighted by atomic mass is 16.5. The summed E-state index contributed by atoms with van der Waals surface area (Å²) < 4.78 is 10.2. The van der Waals surface area contributed by atoms with Gasteiger partial charge in [0.25, 0.3) is 0 Å². The lowest BCUT2D eigenvalue weighted by Gasteiger charge is -2.17. The number of carboxylic acid groups (broad SMARTS) is 1. The first-order chi connectivity index (χ1) is 19.0. The molecule has 0 aliphatic carbocycles. The van der Waals surface area contributed by atoms with Crippen molar-refractivity contribution in [3.63, 3.8) is 0 Å². The van der Waals surface area contributed by atoms with Gasteiger partial charge in [0.05, 0.1) is 24.0 Å². The van der Waals surface area contributed by atoms with Crippen molar-refractivity contribution in [2.24, 2.45) is 7.05 Å². The average Bonchev–Trinajstić information content (AvgIpc) is 3.45. The molecule has 0 spiro atoms. The van der Waals surface area contributed by atoms with Crippen LogP contribution in [0.5, 0.6) is 5.75 Å². The zero-order valence-corrected chi connectivity index (χ0v) is 22.6. The van der Waals surface area contributed by atoms with Gasteiger partial charge in [0, 0.05) is 42.0 Å². The van der Waals surface area contributed by atoms with Crippen LogP contribution >= 0.6 is 0 Å². The molecular formula is C32H34N4O3. The predicted octanol–water partition coefficient (Wildman–Crippen LogP) is 6.13. The average molecular weight is 523 g/mol. The summed E-state index contributed by atoms with van der Waals surface area (Å²) in [6, 6.07) is 20.5. The molecule has 6 rings (SSSR count). The van der Waals surface area contributed by atoms with E-state index >= 15 is 0 Å². The second kappa shape index (κ2) is 10.6. The fraction of sp³-hybridized carbons (Fsp3) is 0.312. The Morgan fingerprint density at radius 1 is 0.949 bits per heavy atom. The number of para-hydroxylation sites is 1. The molecule has 3 aromatic carbocycles. The summed E-state index contributed by atoms with van der Waals surface area (Å²) in [6.45, 7) is 2.93. The van der Waals surface area contributed by atoms with E-state index in [9.17, 15) is 9.90 Å². The Morgan fingerprint density at radius 2 is 1.72 bits per heavy atom. The molecule has 0 amide bonds. The molecule has 0 fully saturated rings. The summed E-state index contributed by atoms with van der Waals surface area (Å²) in [5.41, 5.74) is 5.55. The number of aromatic nitrogens is 3. The van der Waals surface area contributed by atoms with Crippen molar-refractivity contribution in [1.82, 2.24) is 19.2 Å². The molecule has 1 aliphatic heterocycles. The Balaban J connectivity index is 1.38. The molecule has 0 saturated heterocycles. The number of aryl methyl sites for hydroxylation is 3. The zero-order chi connectivity index (χ0) is 26.9. The quantitative estimate of drug-likeness (QED) is 0.272. The topological polar surface area (TPSA) is 72.5 Å². The number of carbonyl (C=O) groups is 1. The van der Waals surface area contributed by atoms with Crippen molar-refractivity contribution in [2.75, 3.05) is 20.2 Å². The molecule has 1 aliphatic rings. The van der Waals surface area contributed by atoms with Crippen LogP contribution in [0.2, 0.25) is 0 Å². The lowest BCUT2D eigenvalue weighted by molar-refractivity contribution is 0.0684. The van der Waals surface area contributed by atoms with Gasteiger partial charge in [0.1, 0.15) is 11.4 Å². The Bertz CT molecular complexity index is 1660. The molecule has 5 aromatic rings. The van der Waals surface area contributed by atoms with Crippen LogP contribution < -0.4 is 4.74 Å². The molecular weight excluding hydrogens is 488 g/mol. The van der Waals surface area contributed by atoms with Gasteiger partial charge in [0.2, 0.25) is 0 Å². The smallest absolute Gasteiger partial charge is 0.352 e. The Hall–Kier alpha value is -4.10. The van der Waals surface area contributed by atoms with E-state index in [2.05, 4.69) is 51.9 Å². The molecule has 200 valence electrons. The highest BCUT2D eigenvalue weighted by Crippen LogP contribution is 2.37. The van der Waals surface area contributed by atoms with E-state index in [-0.39, 0.29) is 0 Å². The van der Waals surface area contributed by atoms with Crippen LogP contribution in [0.4, 0.5) is 0 Å². The number of carboxylic acids is 1. The molecule has 1 N–H and O–H groups in total. The van der Waals surface area contributed by atoms with Crippen molar-refractivity contribution in [1.29, 1.82) is 0 Å². The third-order valence-corrected chi connectivity index (χ3v) is 7.91. The van der Waals surface area contributed by atoms with Crippen LogP contribution in [-0.2, 0) is 26.6 Å². The Kier molecular flexibility index (Phi) is 6.83. The molecule has 0 atom stereocenters. The molecule has 7 heteroatoms. The van der Waals surface area contributed by atoms with Crippen LogP contribution in [0.15, 0.2) is 66.9 Å². The first-order valence-corrected chi connectivity index (χ1v) is 13.7. The van der Waals surface area contributed by atoms with Gasteiger partial charge < -0.3 is 19.3 Å². The van der Waals surface area contributed by atoms with Crippen LogP contribution in [0, 0.1) is 0 Å². The SMILES string of the molecule is CN1CCCCn2c(C(=O)O)c(CCCOc3cccc4ccccc34)c3cccc(c32)-c2cnn(C)c2C1. The molecule has 2 aromatic heterocycles. The molecule has 0 radical (unpaired) electrons. The molecule has 0 saturated carbocycles. The highest BCUT2D eigenvalue weighted by molar-refractivity contribution is 6.04. The van der Waals surface area contributed by atoms with Crippen LogP contribution in [0.25, 0.3) is 32.8 Å². The van der Waals surface area contributed by atoms with Gasteiger partial charge in [-0.25, -0.2) is 4.79 Å². The monoisotopic (exact) mass is 522 g/mol. The van der Waals surface area contributed by atoms with Gasteiger partial charge >= 0.3 is 5.97 Å². The second-order valence-corrected chi connectivity index (χ2v) is 10.5.